The third-order valence-corrected chi connectivity index (χ3v) is 3.93. The molecule has 0 aliphatic carbocycles. The Kier molecular flexibility index (Phi) is 6.41. The molecule has 2 rings (SSSR count). The summed E-state index contributed by atoms with van der Waals surface area (Å²) in [7, 11) is 1.66. The van der Waals surface area contributed by atoms with Gasteiger partial charge in [0.2, 0.25) is 11.5 Å². The van der Waals surface area contributed by atoms with Gasteiger partial charge < -0.3 is 15.2 Å². The van der Waals surface area contributed by atoms with Crippen molar-refractivity contribution in [2.24, 2.45) is 7.05 Å². The molecule has 5 nitrogen and oxygen atoms in total. The first-order valence-corrected chi connectivity index (χ1v) is 7.08. The van der Waals surface area contributed by atoms with Gasteiger partial charge in [0.15, 0.2) is 0 Å². The second kappa shape index (κ2) is 7.57. The molecule has 0 bridgehead atoms. The van der Waals surface area contributed by atoms with E-state index >= 15 is 0 Å². The van der Waals surface area contributed by atoms with Crippen molar-refractivity contribution < 1.29 is 4.79 Å². The number of nitrogens with zero attached hydrogens (tertiary/aromatic N) is 1. The van der Waals surface area contributed by atoms with Gasteiger partial charge in [-0.15, -0.1) is 12.4 Å². The first-order chi connectivity index (χ1) is 8.65. The van der Waals surface area contributed by atoms with Crippen LogP contribution in [-0.4, -0.2) is 34.6 Å². The van der Waals surface area contributed by atoms with Crippen LogP contribution in [0.3, 0.4) is 0 Å². The van der Waals surface area contributed by atoms with E-state index in [1.54, 1.807) is 19.3 Å². The van der Waals surface area contributed by atoms with Crippen molar-refractivity contribution in [2.75, 3.05) is 23.4 Å². The van der Waals surface area contributed by atoms with Gasteiger partial charge in [0, 0.05) is 49.8 Å². The Hall–Kier alpha value is -0.980. The fourth-order valence-corrected chi connectivity index (χ4v) is 2.80. The monoisotopic (exact) mass is 303 g/mol. The van der Waals surface area contributed by atoms with E-state index in [-0.39, 0.29) is 29.9 Å². The molecule has 1 aliphatic heterocycles. The Bertz CT molecular complexity index is 486. The molecule has 1 aliphatic rings. The van der Waals surface area contributed by atoms with Gasteiger partial charge in [0.25, 0.3) is 0 Å². The number of nitrogens with one attached hydrogen (secondary N) is 2. The molecule has 1 aromatic heterocycles. The molecule has 0 aromatic carbocycles. The van der Waals surface area contributed by atoms with Crippen LogP contribution < -0.4 is 16.2 Å². The predicted octanol–water partition coefficient (Wildman–Crippen LogP) is 0.841. The molecule has 1 aromatic rings. The lowest BCUT2D eigenvalue weighted by molar-refractivity contribution is -0.116. The zero-order chi connectivity index (χ0) is 13.0. The largest absolute Gasteiger partial charge is 0.325 e. The first kappa shape index (κ1) is 16.1. The summed E-state index contributed by atoms with van der Waals surface area (Å²) >= 11 is 1.87. The van der Waals surface area contributed by atoms with Crippen molar-refractivity contribution in [1.82, 2.24) is 9.88 Å². The number of pyridine rings is 1. The summed E-state index contributed by atoms with van der Waals surface area (Å²) in [6, 6.07) is 3.32. The van der Waals surface area contributed by atoms with Gasteiger partial charge >= 0.3 is 0 Å². The smallest absolute Gasteiger partial charge is 0.250 e. The molecule has 1 amide bonds. The van der Waals surface area contributed by atoms with Crippen LogP contribution in [0.4, 0.5) is 5.69 Å². The number of carbonyl (C=O) groups is 1. The molecule has 2 heterocycles. The Balaban J connectivity index is 0.00000180. The summed E-state index contributed by atoms with van der Waals surface area (Å²) in [5.74, 6) is 2.06. The summed E-state index contributed by atoms with van der Waals surface area (Å²) < 4.78 is 1.45. The average Bonchev–Trinajstić information content (AvgIpc) is 2.35. The number of aromatic nitrogens is 1. The highest BCUT2D eigenvalue weighted by Crippen LogP contribution is 2.11. The van der Waals surface area contributed by atoms with Crippen LogP contribution in [0.1, 0.15) is 6.42 Å². The molecule has 106 valence electrons. The van der Waals surface area contributed by atoms with Gasteiger partial charge in [0.05, 0.1) is 5.69 Å². The molecule has 1 saturated heterocycles. The minimum Gasteiger partial charge on any atom is -0.325 e. The highest BCUT2D eigenvalue weighted by Gasteiger charge is 2.16. The lowest BCUT2D eigenvalue weighted by atomic mass is 10.2. The summed E-state index contributed by atoms with van der Waals surface area (Å²) in [6.07, 6.45) is 2.10. The number of aryl methyl sites for hydroxylation is 1. The number of thioether (sulfide) groups is 1. The minimum atomic E-state index is -0.0849. The molecule has 0 spiro atoms. The van der Waals surface area contributed by atoms with Crippen LogP contribution in [0.5, 0.6) is 0 Å². The van der Waals surface area contributed by atoms with Gasteiger partial charge in [-0.05, 0) is 6.07 Å². The van der Waals surface area contributed by atoms with Crippen LogP contribution in [-0.2, 0) is 11.8 Å². The standard InChI is InChI=1S/C12H17N3O2S.ClH/c1-15-7-9(2-3-12(15)17)14-11(16)6-10-8-18-5-4-13-10;/h2-3,7,10,13H,4-6,8H2,1H3,(H,14,16);1H. The molecule has 1 atom stereocenters. The van der Waals surface area contributed by atoms with Crippen molar-refractivity contribution in [3.05, 3.63) is 28.7 Å². The molecule has 2 N–H and O–H groups in total. The normalized spacial score (nSPS) is 18.5. The number of amides is 1. The summed E-state index contributed by atoms with van der Waals surface area (Å²) in [4.78, 5) is 23.0. The number of anilines is 1. The summed E-state index contributed by atoms with van der Waals surface area (Å²) in [6.45, 7) is 0.961. The Labute approximate surface area is 122 Å². The number of hydrogen-bond donors (Lipinski definition) is 2. The Morgan fingerprint density at radius 1 is 1.58 bits per heavy atom. The fourth-order valence-electron chi connectivity index (χ4n) is 1.85. The van der Waals surface area contributed by atoms with Crippen LogP contribution in [0.2, 0.25) is 0 Å². The van der Waals surface area contributed by atoms with E-state index in [1.165, 1.54) is 10.6 Å². The number of halogens is 1. The van der Waals surface area contributed by atoms with Crippen LogP contribution in [0, 0.1) is 0 Å². The fraction of sp³-hybridized carbons (Fsp3) is 0.500. The van der Waals surface area contributed by atoms with Crippen molar-refractivity contribution in [3.63, 3.8) is 0 Å². The third-order valence-electron chi connectivity index (χ3n) is 2.80. The van der Waals surface area contributed by atoms with Crippen molar-refractivity contribution in [1.29, 1.82) is 0 Å². The second-order valence-corrected chi connectivity index (χ2v) is 5.50. The quantitative estimate of drug-likeness (QED) is 0.869. The average molecular weight is 304 g/mol. The summed E-state index contributed by atoms with van der Waals surface area (Å²) in [5.41, 5.74) is 0.573. The minimum absolute atomic E-state index is 0. The van der Waals surface area contributed by atoms with Gasteiger partial charge in [-0.25, -0.2) is 0 Å². The van der Waals surface area contributed by atoms with Gasteiger partial charge in [-0.1, -0.05) is 0 Å². The molecule has 7 heteroatoms. The van der Waals surface area contributed by atoms with E-state index in [0.717, 1.165) is 18.1 Å². The van der Waals surface area contributed by atoms with Gasteiger partial charge in [-0.3, -0.25) is 9.59 Å². The lowest BCUT2D eigenvalue weighted by Gasteiger charge is -2.22. The number of carbonyl (C=O) groups excluding carboxylic acids is 1. The van der Waals surface area contributed by atoms with E-state index in [0.29, 0.717) is 12.1 Å². The second-order valence-electron chi connectivity index (χ2n) is 4.35. The van der Waals surface area contributed by atoms with E-state index in [9.17, 15) is 9.59 Å². The number of rotatable bonds is 3. The zero-order valence-electron chi connectivity index (χ0n) is 10.7. The van der Waals surface area contributed by atoms with E-state index in [2.05, 4.69) is 10.6 Å². The van der Waals surface area contributed by atoms with E-state index in [1.807, 2.05) is 11.8 Å². The maximum absolute atomic E-state index is 11.8. The zero-order valence-corrected chi connectivity index (χ0v) is 12.4. The maximum atomic E-state index is 11.8. The van der Waals surface area contributed by atoms with Gasteiger partial charge in [0.1, 0.15) is 0 Å². The predicted molar refractivity (Wildman–Crippen MR) is 81.3 cm³/mol. The van der Waals surface area contributed by atoms with Gasteiger partial charge in [-0.2, -0.15) is 11.8 Å². The molecular formula is C12H18ClN3O2S. The molecule has 1 fully saturated rings. The molecule has 0 saturated carbocycles. The molecule has 1 unspecified atom stereocenters. The van der Waals surface area contributed by atoms with Crippen LogP contribution in [0.25, 0.3) is 0 Å². The van der Waals surface area contributed by atoms with E-state index in [4.69, 9.17) is 0 Å². The van der Waals surface area contributed by atoms with Crippen LogP contribution >= 0.6 is 24.2 Å². The Morgan fingerprint density at radius 2 is 2.37 bits per heavy atom. The van der Waals surface area contributed by atoms with Crippen molar-refractivity contribution in [3.8, 4) is 0 Å². The lowest BCUT2D eigenvalue weighted by Crippen LogP contribution is -2.39. The first-order valence-electron chi connectivity index (χ1n) is 5.93. The maximum Gasteiger partial charge on any atom is 0.250 e. The number of hydrogen-bond acceptors (Lipinski definition) is 4. The molecular weight excluding hydrogens is 286 g/mol. The third kappa shape index (κ3) is 4.89. The van der Waals surface area contributed by atoms with E-state index < -0.39 is 0 Å². The molecule has 0 radical (unpaired) electrons. The topological polar surface area (TPSA) is 63.1 Å². The highest BCUT2D eigenvalue weighted by molar-refractivity contribution is 7.99. The summed E-state index contributed by atoms with van der Waals surface area (Å²) in [5, 5.41) is 6.13. The molecule has 19 heavy (non-hydrogen) atoms. The van der Waals surface area contributed by atoms with Crippen molar-refractivity contribution >= 4 is 35.8 Å². The Morgan fingerprint density at radius 3 is 3.00 bits per heavy atom. The van der Waals surface area contributed by atoms with Crippen LogP contribution in [0.15, 0.2) is 23.1 Å². The SMILES string of the molecule is Cl.Cn1cc(NC(=O)CC2CSCCN2)ccc1=O. The van der Waals surface area contributed by atoms with Crippen molar-refractivity contribution in [2.45, 2.75) is 12.5 Å². The highest BCUT2D eigenvalue weighted by atomic mass is 35.5.